The molecule has 1 heterocycles. The van der Waals surface area contributed by atoms with E-state index < -0.39 is 5.54 Å². The van der Waals surface area contributed by atoms with Gasteiger partial charge in [0.25, 0.3) is 5.91 Å². The predicted octanol–water partition coefficient (Wildman–Crippen LogP) is 4.27. The van der Waals surface area contributed by atoms with Crippen molar-refractivity contribution in [3.63, 3.8) is 0 Å². The number of benzene rings is 3. The molecule has 29 heavy (non-hydrogen) atoms. The summed E-state index contributed by atoms with van der Waals surface area (Å²) in [7, 11) is 1.59. The number of ether oxygens (including phenoxy) is 1. The molecule has 1 atom stereocenters. The van der Waals surface area contributed by atoms with E-state index >= 15 is 0 Å². The Balaban J connectivity index is 1.78. The lowest BCUT2D eigenvalue weighted by atomic mass is 9.76. The van der Waals surface area contributed by atoms with Crippen molar-refractivity contribution in [1.29, 1.82) is 0 Å². The van der Waals surface area contributed by atoms with Crippen molar-refractivity contribution in [2.75, 3.05) is 17.3 Å². The van der Waals surface area contributed by atoms with Crippen LogP contribution >= 0.6 is 0 Å². The zero-order chi connectivity index (χ0) is 20.4. The number of para-hydroxylation sites is 1. The molecule has 0 aliphatic carbocycles. The quantitative estimate of drug-likeness (QED) is 0.666. The van der Waals surface area contributed by atoms with Crippen LogP contribution in [0.5, 0.6) is 5.75 Å². The molecule has 1 N–H and O–H groups in total. The minimum Gasteiger partial charge on any atom is -0.497 e. The van der Waals surface area contributed by atoms with E-state index in [2.05, 4.69) is 5.32 Å². The van der Waals surface area contributed by atoms with Crippen molar-refractivity contribution < 1.29 is 14.3 Å². The number of carbonyl (C=O) groups excluding carboxylic acids is 2. The molecule has 1 aliphatic heterocycles. The van der Waals surface area contributed by atoms with Gasteiger partial charge in [-0.3, -0.25) is 14.5 Å². The molecule has 4 rings (SSSR count). The molecule has 5 nitrogen and oxygen atoms in total. The van der Waals surface area contributed by atoms with Gasteiger partial charge in [0.2, 0.25) is 5.91 Å². The Hall–Kier alpha value is -3.60. The van der Waals surface area contributed by atoms with Crippen LogP contribution in [0, 0.1) is 6.92 Å². The third-order valence-electron chi connectivity index (χ3n) is 5.39. The number of nitrogens with one attached hydrogen (secondary N) is 1. The maximum Gasteiger partial charge on any atom is 0.255 e. The van der Waals surface area contributed by atoms with Gasteiger partial charge in [-0.05, 0) is 48.4 Å². The van der Waals surface area contributed by atoms with E-state index in [9.17, 15) is 9.59 Å². The second-order valence-electron chi connectivity index (χ2n) is 7.10. The first-order valence-electron chi connectivity index (χ1n) is 9.46. The van der Waals surface area contributed by atoms with E-state index in [0.29, 0.717) is 11.4 Å². The van der Waals surface area contributed by atoms with Gasteiger partial charge < -0.3 is 10.1 Å². The first-order valence-corrected chi connectivity index (χ1v) is 9.46. The Labute approximate surface area is 169 Å². The van der Waals surface area contributed by atoms with Crippen molar-refractivity contribution >= 4 is 23.2 Å². The van der Waals surface area contributed by atoms with Gasteiger partial charge in [-0.2, -0.15) is 0 Å². The van der Waals surface area contributed by atoms with Gasteiger partial charge >= 0.3 is 0 Å². The maximum atomic E-state index is 13.6. The lowest BCUT2D eigenvalue weighted by molar-refractivity contribution is -0.137. The van der Waals surface area contributed by atoms with Crippen molar-refractivity contribution in [3.05, 3.63) is 90.0 Å². The van der Waals surface area contributed by atoms with Crippen LogP contribution in [0.2, 0.25) is 0 Å². The SMILES string of the molecule is COc1ccc(N2C(=O)CC2(C(=O)Nc2ccccc2C)c2ccccc2)cc1. The van der Waals surface area contributed by atoms with Crippen molar-refractivity contribution in [3.8, 4) is 5.75 Å². The molecular weight excluding hydrogens is 364 g/mol. The zero-order valence-corrected chi connectivity index (χ0v) is 16.4. The van der Waals surface area contributed by atoms with Crippen molar-refractivity contribution in [2.24, 2.45) is 0 Å². The smallest absolute Gasteiger partial charge is 0.255 e. The number of rotatable bonds is 5. The molecule has 1 saturated heterocycles. The molecule has 5 heteroatoms. The van der Waals surface area contributed by atoms with Gasteiger partial charge in [-0.15, -0.1) is 0 Å². The van der Waals surface area contributed by atoms with E-state index in [0.717, 1.165) is 16.8 Å². The standard InChI is InChI=1S/C24H22N2O3/c1-17-8-6-7-11-21(17)25-23(28)24(18-9-4-3-5-10-18)16-22(27)26(24)19-12-14-20(29-2)15-13-19/h3-15H,16H2,1-2H3,(H,25,28). The summed E-state index contributed by atoms with van der Waals surface area (Å²) in [5.74, 6) is 0.365. The molecule has 1 unspecified atom stereocenters. The molecule has 1 aliphatic rings. The van der Waals surface area contributed by atoms with Crippen LogP contribution in [0.3, 0.4) is 0 Å². The largest absolute Gasteiger partial charge is 0.497 e. The summed E-state index contributed by atoms with van der Waals surface area (Å²) in [6.07, 6.45) is 0.112. The highest BCUT2D eigenvalue weighted by molar-refractivity contribution is 6.17. The average molecular weight is 386 g/mol. The van der Waals surface area contributed by atoms with Crippen molar-refractivity contribution in [1.82, 2.24) is 0 Å². The van der Waals surface area contributed by atoms with E-state index in [-0.39, 0.29) is 18.2 Å². The Morgan fingerprint density at radius 3 is 2.24 bits per heavy atom. The third-order valence-corrected chi connectivity index (χ3v) is 5.39. The molecule has 3 aromatic rings. The summed E-state index contributed by atoms with van der Waals surface area (Å²) in [4.78, 5) is 27.9. The summed E-state index contributed by atoms with van der Waals surface area (Å²) in [6, 6.07) is 24.2. The van der Waals surface area contributed by atoms with Gasteiger partial charge in [0, 0.05) is 11.4 Å². The Bertz CT molecular complexity index is 1050. The Morgan fingerprint density at radius 2 is 1.62 bits per heavy atom. The number of carbonyl (C=O) groups is 2. The van der Waals surface area contributed by atoms with E-state index in [1.165, 1.54) is 0 Å². The maximum absolute atomic E-state index is 13.6. The van der Waals surface area contributed by atoms with Crippen LogP contribution in [0.15, 0.2) is 78.9 Å². The number of aryl methyl sites for hydroxylation is 1. The van der Waals surface area contributed by atoms with Gasteiger partial charge in [0.1, 0.15) is 5.75 Å². The molecule has 0 spiro atoms. The number of amides is 2. The molecule has 146 valence electrons. The summed E-state index contributed by atoms with van der Waals surface area (Å²) in [5.41, 5.74) is 2.04. The number of nitrogens with zero attached hydrogens (tertiary/aromatic N) is 1. The lowest BCUT2D eigenvalue weighted by Crippen LogP contribution is -2.67. The van der Waals surface area contributed by atoms with Crippen LogP contribution in [0.1, 0.15) is 17.5 Å². The van der Waals surface area contributed by atoms with E-state index in [1.54, 1.807) is 36.3 Å². The Kier molecular flexibility index (Phi) is 4.80. The monoisotopic (exact) mass is 386 g/mol. The second kappa shape index (κ2) is 7.43. The second-order valence-corrected chi connectivity index (χ2v) is 7.10. The number of β-lactam (4-membered cyclic amide) rings is 1. The van der Waals surface area contributed by atoms with Crippen molar-refractivity contribution in [2.45, 2.75) is 18.9 Å². The number of methoxy groups -OCH3 is 1. The predicted molar refractivity (Wildman–Crippen MR) is 113 cm³/mol. The van der Waals surface area contributed by atoms with Crippen LogP contribution < -0.4 is 15.0 Å². The summed E-state index contributed by atoms with van der Waals surface area (Å²) >= 11 is 0. The Morgan fingerprint density at radius 1 is 0.966 bits per heavy atom. The molecule has 2 amide bonds. The van der Waals surface area contributed by atoms with Gasteiger partial charge in [0.05, 0.1) is 13.5 Å². The minimum absolute atomic E-state index is 0.0982. The normalized spacial score (nSPS) is 18.1. The molecule has 3 aromatic carbocycles. The topological polar surface area (TPSA) is 58.6 Å². The first kappa shape index (κ1) is 18.7. The number of hydrogen-bond donors (Lipinski definition) is 1. The van der Waals surface area contributed by atoms with Gasteiger partial charge in [-0.1, -0.05) is 48.5 Å². The van der Waals surface area contributed by atoms with Crippen LogP contribution in [-0.4, -0.2) is 18.9 Å². The number of hydrogen-bond acceptors (Lipinski definition) is 3. The highest BCUT2D eigenvalue weighted by Crippen LogP contribution is 2.46. The average Bonchev–Trinajstić information content (AvgIpc) is 2.74. The molecule has 1 fully saturated rings. The summed E-state index contributed by atoms with van der Waals surface area (Å²) in [5, 5.41) is 3.04. The summed E-state index contributed by atoms with van der Waals surface area (Å²) < 4.78 is 5.22. The first-order chi connectivity index (χ1) is 14.1. The lowest BCUT2D eigenvalue weighted by Gasteiger charge is -2.50. The fraction of sp³-hybridized carbons (Fsp3) is 0.167. The fourth-order valence-corrected chi connectivity index (χ4v) is 3.79. The molecule has 0 bridgehead atoms. The van der Waals surface area contributed by atoms with Crippen LogP contribution in [-0.2, 0) is 15.1 Å². The summed E-state index contributed by atoms with van der Waals surface area (Å²) in [6.45, 7) is 1.94. The molecule has 0 radical (unpaired) electrons. The number of anilines is 2. The zero-order valence-electron chi connectivity index (χ0n) is 16.4. The van der Waals surface area contributed by atoms with Crippen LogP contribution in [0.4, 0.5) is 11.4 Å². The van der Waals surface area contributed by atoms with Gasteiger partial charge in [-0.25, -0.2) is 0 Å². The van der Waals surface area contributed by atoms with Gasteiger partial charge in [0.15, 0.2) is 5.54 Å². The third kappa shape index (κ3) is 3.14. The molecule has 0 aromatic heterocycles. The highest BCUT2D eigenvalue weighted by Gasteiger charge is 2.58. The molecular formula is C24H22N2O3. The minimum atomic E-state index is -1.10. The van der Waals surface area contributed by atoms with Crippen LogP contribution in [0.25, 0.3) is 0 Å². The van der Waals surface area contributed by atoms with E-state index in [4.69, 9.17) is 4.74 Å². The highest BCUT2D eigenvalue weighted by atomic mass is 16.5. The molecule has 0 saturated carbocycles. The van der Waals surface area contributed by atoms with E-state index in [1.807, 2.05) is 61.5 Å². The fourth-order valence-electron chi connectivity index (χ4n) is 3.79.